The molecule has 0 bridgehead atoms. The average molecular weight is 348 g/mol. The lowest BCUT2D eigenvalue weighted by atomic mass is 9.95. The van der Waals surface area contributed by atoms with Gasteiger partial charge in [-0.2, -0.15) is 0 Å². The molecule has 1 heterocycles. The molecule has 0 aromatic heterocycles. The number of methoxy groups -OCH3 is 1. The fraction of sp³-hybridized carbons (Fsp3) is 0.600. The molecule has 0 amide bonds. The van der Waals surface area contributed by atoms with E-state index in [1.54, 1.807) is 7.11 Å². The molecule has 0 aliphatic carbocycles. The topological polar surface area (TPSA) is 18.5 Å². The summed E-state index contributed by atoms with van der Waals surface area (Å²) in [5.74, 6) is 0.884. The molecule has 2 nitrogen and oxygen atoms in total. The van der Waals surface area contributed by atoms with Crippen molar-refractivity contribution in [2.75, 3.05) is 13.7 Å². The molecule has 19 heavy (non-hydrogen) atoms. The third kappa shape index (κ3) is 3.09. The summed E-state index contributed by atoms with van der Waals surface area (Å²) in [6.45, 7) is 4.92. The Labute approximate surface area is 128 Å². The van der Waals surface area contributed by atoms with Gasteiger partial charge in [-0.05, 0) is 50.3 Å². The molecule has 4 heteroatoms. The summed E-state index contributed by atoms with van der Waals surface area (Å²) in [7, 11) is 1.70. The summed E-state index contributed by atoms with van der Waals surface area (Å²) in [5.41, 5.74) is 3.29. The number of halogens is 2. The molecule has 106 valence electrons. The molecule has 2 unspecified atom stereocenters. The minimum absolute atomic E-state index is 0.0803. The number of alkyl halides is 1. The molecule has 1 aromatic rings. The summed E-state index contributed by atoms with van der Waals surface area (Å²) >= 11 is 10.3. The molecule has 0 radical (unpaired) electrons. The highest BCUT2D eigenvalue weighted by atomic mass is 79.9. The minimum atomic E-state index is -0.161. The van der Waals surface area contributed by atoms with Gasteiger partial charge in [0.2, 0.25) is 0 Å². The van der Waals surface area contributed by atoms with Crippen LogP contribution in [0.2, 0.25) is 0 Å². The Balaban J connectivity index is 2.41. The van der Waals surface area contributed by atoms with Gasteiger partial charge in [0, 0.05) is 16.6 Å². The van der Waals surface area contributed by atoms with Crippen molar-refractivity contribution in [3.8, 4) is 5.75 Å². The molecule has 0 saturated carbocycles. The van der Waals surface area contributed by atoms with E-state index in [1.807, 2.05) is 6.92 Å². The van der Waals surface area contributed by atoms with Crippen LogP contribution >= 0.6 is 27.5 Å². The Morgan fingerprint density at radius 1 is 1.42 bits per heavy atom. The van der Waals surface area contributed by atoms with Gasteiger partial charge < -0.3 is 9.47 Å². The van der Waals surface area contributed by atoms with Gasteiger partial charge in [0.25, 0.3) is 0 Å². The monoisotopic (exact) mass is 346 g/mol. The van der Waals surface area contributed by atoms with E-state index in [2.05, 4.69) is 28.9 Å². The van der Waals surface area contributed by atoms with Crippen LogP contribution in [0.25, 0.3) is 0 Å². The smallest absolute Gasteiger partial charge is 0.126 e. The highest BCUT2D eigenvalue weighted by Crippen LogP contribution is 2.42. The second-order valence-electron chi connectivity index (χ2n) is 5.05. The maximum atomic E-state index is 6.69. The van der Waals surface area contributed by atoms with Crippen molar-refractivity contribution >= 4 is 27.5 Å². The van der Waals surface area contributed by atoms with E-state index in [0.717, 1.165) is 46.4 Å². The maximum Gasteiger partial charge on any atom is 0.126 e. The predicted octanol–water partition coefficient (Wildman–Crippen LogP) is 4.92. The fourth-order valence-electron chi connectivity index (χ4n) is 2.66. The van der Waals surface area contributed by atoms with Crippen LogP contribution in [0.1, 0.15) is 41.3 Å². The zero-order valence-corrected chi connectivity index (χ0v) is 14.0. The van der Waals surface area contributed by atoms with E-state index >= 15 is 0 Å². The van der Waals surface area contributed by atoms with Crippen molar-refractivity contribution < 1.29 is 9.47 Å². The summed E-state index contributed by atoms with van der Waals surface area (Å²) in [5, 5.41) is -0.161. The molecule has 2 atom stereocenters. The van der Waals surface area contributed by atoms with E-state index in [4.69, 9.17) is 21.1 Å². The number of rotatable bonds is 3. The van der Waals surface area contributed by atoms with Crippen LogP contribution in [0, 0.1) is 13.8 Å². The third-order valence-electron chi connectivity index (χ3n) is 3.73. The van der Waals surface area contributed by atoms with Gasteiger partial charge in [0.15, 0.2) is 0 Å². The van der Waals surface area contributed by atoms with Gasteiger partial charge in [0.05, 0.1) is 18.6 Å². The first kappa shape index (κ1) is 15.1. The SMILES string of the molecule is COc1c(C)cc(Br)c(C)c1C(Cl)C1CCCCO1. The van der Waals surface area contributed by atoms with Crippen molar-refractivity contribution in [2.24, 2.45) is 0 Å². The first-order valence-corrected chi connectivity index (χ1v) is 7.88. The van der Waals surface area contributed by atoms with Gasteiger partial charge >= 0.3 is 0 Å². The van der Waals surface area contributed by atoms with Crippen LogP contribution in [0.5, 0.6) is 5.75 Å². The summed E-state index contributed by atoms with van der Waals surface area (Å²) in [6.07, 6.45) is 3.41. The quantitative estimate of drug-likeness (QED) is 0.722. The van der Waals surface area contributed by atoms with Crippen LogP contribution in [0.4, 0.5) is 0 Å². The second kappa shape index (κ2) is 6.47. The molecule has 1 fully saturated rings. The molecule has 1 aromatic carbocycles. The van der Waals surface area contributed by atoms with E-state index in [9.17, 15) is 0 Å². The Morgan fingerprint density at radius 2 is 2.16 bits per heavy atom. The average Bonchev–Trinajstić information content (AvgIpc) is 2.42. The standard InChI is InChI=1S/C15H20BrClO2/c1-9-8-11(16)10(2)13(15(9)18-3)14(17)12-6-4-5-7-19-12/h8,12,14H,4-7H2,1-3H3. The van der Waals surface area contributed by atoms with Crippen LogP contribution in [0.3, 0.4) is 0 Å². The normalized spacial score (nSPS) is 21.2. The zero-order chi connectivity index (χ0) is 14.0. The van der Waals surface area contributed by atoms with E-state index in [0.29, 0.717) is 0 Å². The van der Waals surface area contributed by atoms with Crippen LogP contribution < -0.4 is 4.74 Å². The molecular weight excluding hydrogens is 328 g/mol. The maximum absolute atomic E-state index is 6.69. The predicted molar refractivity (Wildman–Crippen MR) is 82.4 cm³/mol. The molecule has 1 aliphatic rings. The molecule has 1 saturated heterocycles. The fourth-order valence-corrected chi connectivity index (χ4v) is 3.68. The molecule has 0 N–H and O–H groups in total. The highest BCUT2D eigenvalue weighted by Gasteiger charge is 2.29. The lowest BCUT2D eigenvalue weighted by Gasteiger charge is -2.29. The summed E-state index contributed by atoms with van der Waals surface area (Å²) in [6, 6.07) is 2.07. The van der Waals surface area contributed by atoms with Gasteiger partial charge in [-0.1, -0.05) is 15.9 Å². The van der Waals surface area contributed by atoms with Gasteiger partial charge in [-0.3, -0.25) is 0 Å². The first-order valence-electron chi connectivity index (χ1n) is 6.65. The Bertz CT molecular complexity index is 456. The second-order valence-corrected chi connectivity index (χ2v) is 6.38. The summed E-state index contributed by atoms with van der Waals surface area (Å²) in [4.78, 5) is 0. The van der Waals surface area contributed by atoms with Gasteiger partial charge in [-0.25, -0.2) is 0 Å². The lowest BCUT2D eigenvalue weighted by molar-refractivity contribution is 0.0131. The molecule has 2 rings (SSSR count). The largest absolute Gasteiger partial charge is 0.496 e. The Kier molecular flexibility index (Phi) is 5.15. The van der Waals surface area contributed by atoms with Crippen molar-refractivity contribution in [3.63, 3.8) is 0 Å². The van der Waals surface area contributed by atoms with Crippen LogP contribution in [-0.2, 0) is 4.74 Å². The number of hydrogen-bond donors (Lipinski definition) is 0. The number of aryl methyl sites for hydroxylation is 1. The van der Waals surface area contributed by atoms with Gasteiger partial charge in [-0.15, -0.1) is 11.6 Å². The van der Waals surface area contributed by atoms with Gasteiger partial charge in [0.1, 0.15) is 5.75 Å². The van der Waals surface area contributed by atoms with Crippen molar-refractivity contribution in [2.45, 2.75) is 44.6 Å². The van der Waals surface area contributed by atoms with Crippen LogP contribution in [-0.4, -0.2) is 19.8 Å². The summed E-state index contributed by atoms with van der Waals surface area (Å²) < 4.78 is 12.5. The Morgan fingerprint density at radius 3 is 2.74 bits per heavy atom. The lowest BCUT2D eigenvalue weighted by Crippen LogP contribution is -2.24. The minimum Gasteiger partial charge on any atom is -0.496 e. The Hall–Kier alpha value is -0.250. The van der Waals surface area contributed by atoms with E-state index in [1.165, 1.54) is 6.42 Å². The number of ether oxygens (including phenoxy) is 2. The number of benzene rings is 1. The number of hydrogen-bond acceptors (Lipinski definition) is 2. The van der Waals surface area contributed by atoms with Crippen molar-refractivity contribution in [1.29, 1.82) is 0 Å². The van der Waals surface area contributed by atoms with E-state index in [-0.39, 0.29) is 11.5 Å². The highest BCUT2D eigenvalue weighted by molar-refractivity contribution is 9.10. The first-order chi connectivity index (χ1) is 9.06. The van der Waals surface area contributed by atoms with Crippen molar-refractivity contribution in [1.82, 2.24) is 0 Å². The zero-order valence-electron chi connectivity index (χ0n) is 11.6. The third-order valence-corrected chi connectivity index (χ3v) is 5.05. The molecular formula is C15H20BrClO2. The van der Waals surface area contributed by atoms with Crippen molar-refractivity contribution in [3.05, 3.63) is 27.2 Å². The molecule has 1 aliphatic heterocycles. The van der Waals surface area contributed by atoms with E-state index < -0.39 is 0 Å². The van der Waals surface area contributed by atoms with Crippen LogP contribution in [0.15, 0.2) is 10.5 Å². The molecule has 0 spiro atoms.